The number of fused-ring (bicyclic) bond motifs is 4. The quantitative estimate of drug-likeness (QED) is 0.382. The summed E-state index contributed by atoms with van der Waals surface area (Å²) in [7, 11) is 0. The molecular weight excluding hydrogens is 263 g/mol. The molecule has 0 spiro atoms. The average molecular weight is 280 g/mol. The molecule has 0 unspecified atom stereocenters. The van der Waals surface area contributed by atoms with Gasteiger partial charge in [0.2, 0.25) is 6.71 Å². The van der Waals surface area contributed by atoms with Gasteiger partial charge in [-0.25, -0.2) is 0 Å². The summed E-state index contributed by atoms with van der Waals surface area (Å²) in [5, 5.41) is 0. The van der Waals surface area contributed by atoms with Crippen LogP contribution in [0.1, 0.15) is 27.8 Å². The van der Waals surface area contributed by atoms with Gasteiger partial charge in [0.25, 0.3) is 0 Å². The minimum Gasteiger partial charge on any atom is -0.0667 e. The van der Waals surface area contributed by atoms with Crippen LogP contribution >= 0.6 is 0 Å². The van der Waals surface area contributed by atoms with E-state index in [1.54, 1.807) is 5.46 Å². The first-order chi connectivity index (χ1) is 10.8. The first-order valence-corrected chi connectivity index (χ1v) is 8.09. The first kappa shape index (κ1) is 12.3. The van der Waals surface area contributed by atoms with Crippen molar-refractivity contribution in [1.82, 2.24) is 0 Å². The Bertz CT molecular complexity index is 908. The Hall–Kier alpha value is -2.28. The Morgan fingerprint density at radius 2 is 1.36 bits per heavy atom. The van der Waals surface area contributed by atoms with Crippen LogP contribution in [0.2, 0.25) is 0 Å². The van der Waals surface area contributed by atoms with Crippen LogP contribution in [0.25, 0.3) is 0 Å². The lowest BCUT2D eigenvalue weighted by Gasteiger charge is -2.34. The number of rotatable bonds is 0. The van der Waals surface area contributed by atoms with Crippen molar-refractivity contribution in [3.8, 4) is 0 Å². The largest absolute Gasteiger partial charge is 0.242 e. The van der Waals surface area contributed by atoms with E-state index in [2.05, 4.69) is 67.6 Å². The molecule has 0 fully saturated rings. The molecule has 104 valence electrons. The molecule has 3 aromatic carbocycles. The Balaban J connectivity index is 1.86. The van der Waals surface area contributed by atoms with E-state index in [9.17, 15) is 0 Å². The predicted molar refractivity (Wildman–Crippen MR) is 94.3 cm³/mol. The van der Waals surface area contributed by atoms with Gasteiger partial charge in [-0.3, -0.25) is 0 Å². The van der Waals surface area contributed by atoms with Crippen LogP contribution < -0.4 is 16.4 Å². The molecule has 0 atom stereocenters. The van der Waals surface area contributed by atoms with Crippen molar-refractivity contribution in [3.63, 3.8) is 0 Å². The molecule has 0 aromatic heterocycles. The summed E-state index contributed by atoms with van der Waals surface area (Å²) in [5.74, 6) is 0. The second-order valence-electron chi connectivity index (χ2n) is 6.68. The molecule has 0 amide bonds. The molecule has 22 heavy (non-hydrogen) atoms. The highest BCUT2D eigenvalue weighted by atomic mass is 14.2. The summed E-state index contributed by atoms with van der Waals surface area (Å²) < 4.78 is 0. The summed E-state index contributed by atoms with van der Waals surface area (Å²) in [4.78, 5) is 0. The van der Waals surface area contributed by atoms with Gasteiger partial charge in [-0.2, -0.15) is 0 Å². The molecule has 5 rings (SSSR count). The first-order valence-electron chi connectivity index (χ1n) is 8.09. The van der Waals surface area contributed by atoms with Gasteiger partial charge in [0.05, 0.1) is 0 Å². The molecule has 0 aliphatic carbocycles. The fourth-order valence-corrected chi connectivity index (χ4v) is 4.38. The van der Waals surface area contributed by atoms with Crippen LogP contribution in [0.4, 0.5) is 0 Å². The van der Waals surface area contributed by atoms with Crippen LogP contribution in [-0.2, 0) is 12.8 Å². The molecule has 3 aromatic rings. The molecule has 2 heterocycles. The Morgan fingerprint density at radius 1 is 0.682 bits per heavy atom. The van der Waals surface area contributed by atoms with E-state index in [1.165, 1.54) is 38.7 Å². The minimum atomic E-state index is 0.431. The standard InChI is InChI=1S/C21H17B/c1-14-9-10-20-18(11-14)13-17-7-4-6-16-12-15-5-2-3-8-19(15)22(20)21(16)17/h2-11H,12-13H2,1H3. The highest BCUT2D eigenvalue weighted by Gasteiger charge is 2.36. The fraction of sp³-hybridized carbons (Fsp3) is 0.143. The van der Waals surface area contributed by atoms with E-state index in [0.29, 0.717) is 6.71 Å². The lowest BCUT2D eigenvalue weighted by molar-refractivity contribution is 1.14. The zero-order chi connectivity index (χ0) is 14.7. The van der Waals surface area contributed by atoms with Crippen molar-refractivity contribution in [2.75, 3.05) is 0 Å². The maximum Gasteiger partial charge on any atom is 0.242 e. The minimum absolute atomic E-state index is 0.431. The Kier molecular flexibility index (Phi) is 2.44. The molecule has 0 nitrogen and oxygen atoms in total. The van der Waals surface area contributed by atoms with Crippen molar-refractivity contribution >= 4 is 23.1 Å². The third kappa shape index (κ3) is 1.60. The zero-order valence-corrected chi connectivity index (χ0v) is 12.8. The molecule has 2 aliphatic heterocycles. The summed E-state index contributed by atoms with van der Waals surface area (Å²) >= 11 is 0. The van der Waals surface area contributed by atoms with E-state index in [1.807, 2.05) is 0 Å². The van der Waals surface area contributed by atoms with Crippen LogP contribution in [0.3, 0.4) is 0 Å². The zero-order valence-electron chi connectivity index (χ0n) is 12.8. The van der Waals surface area contributed by atoms with Gasteiger partial charge in [-0.05, 0) is 42.0 Å². The Morgan fingerprint density at radius 3 is 2.23 bits per heavy atom. The summed E-state index contributed by atoms with van der Waals surface area (Å²) in [5.41, 5.74) is 12.0. The van der Waals surface area contributed by atoms with Gasteiger partial charge in [0, 0.05) is 0 Å². The van der Waals surface area contributed by atoms with Gasteiger partial charge in [0.1, 0.15) is 0 Å². The fourth-order valence-electron chi connectivity index (χ4n) is 4.38. The summed E-state index contributed by atoms with van der Waals surface area (Å²) in [6.45, 7) is 2.63. The van der Waals surface area contributed by atoms with E-state index >= 15 is 0 Å². The lowest BCUT2D eigenvalue weighted by Crippen LogP contribution is -2.61. The number of hydrogen-bond acceptors (Lipinski definition) is 0. The van der Waals surface area contributed by atoms with Crippen molar-refractivity contribution in [3.05, 3.63) is 88.5 Å². The van der Waals surface area contributed by atoms with E-state index in [0.717, 1.165) is 12.8 Å². The van der Waals surface area contributed by atoms with Crippen LogP contribution in [0.15, 0.2) is 60.7 Å². The maximum atomic E-state index is 2.38. The molecule has 0 radical (unpaired) electrons. The summed E-state index contributed by atoms with van der Waals surface area (Å²) in [6, 6.07) is 22.9. The van der Waals surface area contributed by atoms with Gasteiger partial charge in [-0.15, -0.1) is 0 Å². The van der Waals surface area contributed by atoms with Crippen molar-refractivity contribution < 1.29 is 0 Å². The maximum absolute atomic E-state index is 2.38. The summed E-state index contributed by atoms with van der Waals surface area (Å²) in [6.07, 6.45) is 2.16. The van der Waals surface area contributed by atoms with Gasteiger partial charge in [-0.1, -0.05) is 82.6 Å². The third-order valence-corrected chi connectivity index (χ3v) is 5.31. The second kappa shape index (κ2) is 4.36. The molecule has 1 heteroatoms. The average Bonchev–Trinajstić information content (AvgIpc) is 2.54. The lowest BCUT2D eigenvalue weighted by atomic mass is 9.30. The highest BCUT2D eigenvalue weighted by molar-refractivity contribution is 6.97. The third-order valence-electron chi connectivity index (χ3n) is 5.31. The number of aryl methyl sites for hydroxylation is 1. The normalized spacial score (nSPS) is 14.1. The SMILES string of the molecule is Cc1ccc2c(c1)Cc1cccc3c1B2c1ccccc1C3. The van der Waals surface area contributed by atoms with E-state index in [4.69, 9.17) is 0 Å². The van der Waals surface area contributed by atoms with Gasteiger partial charge >= 0.3 is 0 Å². The van der Waals surface area contributed by atoms with Gasteiger partial charge in [0.15, 0.2) is 0 Å². The predicted octanol–water partition coefficient (Wildman–Crippen LogP) is 2.32. The van der Waals surface area contributed by atoms with Crippen LogP contribution in [0, 0.1) is 6.92 Å². The molecule has 0 bridgehead atoms. The number of hydrogen-bond donors (Lipinski definition) is 0. The van der Waals surface area contributed by atoms with E-state index in [-0.39, 0.29) is 0 Å². The Labute approximate surface area is 131 Å². The second-order valence-corrected chi connectivity index (χ2v) is 6.68. The molecule has 2 aliphatic rings. The molecule has 0 N–H and O–H groups in total. The molecule has 0 saturated carbocycles. The van der Waals surface area contributed by atoms with E-state index < -0.39 is 0 Å². The van der Waals surface area contributed by atoms with Crippen molar-refractivity contribution in [2.24, 2.45) is 0 Å². The monoisotopic (exact) mass is 280 g/mol. The van der Waals surface area contributed by atoms with Crippen LogP contribution in [0.5, 0.6) is 0 Å². The van der Waals surface area contributed by atoms with Crippen molar-refractivity contribution in [1.29, 1.82) is 0 Å². The number of benzene rings is 3. The molecular formula is C21H17B. The topological polar surface area (TPSA) is 0 Å². The van der Waals surface area contributed by atoms with Gasteiger partial charge < -0.3 is 0 Å². The van der Waals surface area contributed by atoms with Crippen molar-refractivity contribution in [2.45, 2.75) is 19.8 Å². The van der Waals surface area contributed by atoms with Crippen LogP contribution in [-0.4, -0.2) is 6.71 Å². The highest BCUT2D eigenvalue weighted by Crippen LogP contribution is 2.22. The smallest absolute Gasteiger partial charge is 0.0667 e. The molecule has 0 saturated heterocycles.